The predicted molar refractivity (Wildman–Crippen MR) is 52.1 cm³/mol. The highest BCUT2D eigenvalue weighted by molar-refractivity contribution is 5.82. The molecule has 0 atom stereocenters. The van der Waals surface area contributed by atoms with Gasteiger partial charge in [-0.3, -0.25) is 4.79 Å². The fourth-order valence-corrected chi connectivity index (χ4v) is 0.780. The Bertz CT molecular complexity index is 173. The summed E-state index contributed by atoms with van der Waals surface area (Å²) in [7, 11) is 0. The molecule has 2 nitrogen and oxygen atoms in total. The van der Waals surface area contributed by atoms with E-state index in [-0.39, 0.29) is 5.78 Å². The van der Waals surface area contributed by atoms with Crippen LogP contribution in [-0.4, -0.2) is 18.9 Å². The molecule has 0 aromatic rings. The lowest BCUT2D eigenvalue weighted by Crippen LogP contribution is -2.22. The highest BCUT2D eigenvalue weighted by Crippen LogP contribution is 2.02. The first-order valence-electron chi connectivity index (χ1n) is 4.20. The van der Waals surface area contributed by atoms with Crippen LogP contribution in [0.5, 0.6) is 0 Å². The van der Waals surface area contributed by atoms with Crippen molar-refractivity contribution >= 4 is 5.78 Å². The molecule has 2 heteroatoms. The van der Waals surface area contributed by atoms with Gasteiger partial charge in [-0.15, -0.1) is 6.58 Å². The Morgan fingerprint density at radius 1 is 1.58 bits per heavy atom. The summed E-state index contributed by atoms with van der Waals surface area (Å²) < 4.78 is 0. The van der Waals surface area contributed by atoms with Gasteiger partial charge in [-0.05, 0) is 6.42 Å². The molecule has 68 valence electrons. The average molecular weight is 167 g/mol. The van der Waals surface area contributed by atoms with Gasteiger partial charge in [0.2, 0.25) is 0 Å². The Balaban J connectivity index is 3.46. The molecule has 0 aromatic carbocycles. The van der Waals surface area contributed by atoms with Crippen LogP contribution in [0.2, 0.25) is 0 Å². The summed E-state index contributed by atoms with van der Waals surface area (Å²) in [6.07, 6.45) is 3.12. The summed E-state index contributed by atoms with van der Waals surface area (Å²) in [5.41, 5.74) is 1.00. The smallest absolute Gasteiger partial charge is 0.150 e. The van der Waals surface area contributed by atoms with Gasteiger partial charge in [0.15, 0.2) is 5.78 Å². The molecule has 0 rings (SSSR count). The maximum atomic E-state index is 11.1. The van der Waals surface area contributed by atoms with Crippen molar-refractivity contribution in [1.82, 2.24) is 5.32 Å². The van der Waals surface area contributed by atoms with E-state index in [1.807, 2.05) is 6.92 Å². The van der Waals surface area contributed by atoms with Crippen molar-refractivity contribution in [2.75, 3.05) is 13.1 Å². The minimum absolute atomic E-state index is 0.198. The molecule has 0 aromatic heterocycles. The minimum Gasteiger partial charge on any atom is -0.307 e. The van der Waals surface area contributed by atoms with Crippen LogP contribution in [0.15, 0.2) is 24.8 Å². The van der Waals surface area contributed by atoms with Crippen molar-refractivity contribution in [2.45, 2.75) is 19.8 Å². The Hall–Kier alpha value is -0.890. The van der Waals surface area contributed by atoms with Crippen LogP contribution in [0.25, 0.3) is 0 Å². The second-order valence-corrected chi connectivity index (χ2v) is 2.74. The zero-order valence-electron chi connectivity index (χ0n) is 7.73. The number of ketones is 1. The van der Waals surface area contributed by atoms with E-state index in [0.717, 1.165) is 12.0 Å². The monoisotopic (exact) mass is 167 g/mol. The van der Waals surface area contributed by atoms with Gasteiger partial charge >= 0.3 is 0 Å². The molecule has 0 heterocycles. The fraction of sp³-hybridized carbons (Fsp3) is 0.500. The summed E-state index contributed by atoms with van der Waals surface area (Å²) in [6, 6.07) is 0. The summed E-state index contributed by atoms with van der Waals surface area (Å²) >= 11 is 0. The topological polar surface area (TPSA) is 29.1 Å². The van der Waals surface area contributed by atoms with Crippen LogP contribution in [0.1, 0.15) is 19.8 Å². The normalized spacial score (nSPS) is 9.42. The summed E-state index contributed by atoms with van der Waals surface area (Å²) in [4.78, 5) is 11.1. The fourth-order valence-electron chi connectivity index (χ4n) is 0.780. The van der Waals surface area contributed by atoms with E-state index in [2.05, 4.69) is 18.5 Å². The van der Waals surface area contributed by atoms with Crippen LogP contribution in [0.4, 0.5) is 0 Å². The number of Topliss-reactive ketones (excluding diaryl/α,β-unsaturated/α-hetero) is 1. The Labute approximate surface area is 74.4 Å². The van der Waals surface area contributed by atoms with Crippen LogP contribution in [0.3, 0.4) is 0 Å². The lowest BCUT2D eigenvalue weighted by Gasteiger charge is -2.02. The largest absolute Gasteiger partial charge is 0.307 e. The second-order valence-electron chi connectivity index (χ2n) is 2.74. The van der Waals surface area contributed by atoms with E-state index >= 15 is 0 Å². The number of allylic oxidation sites excluding steroid dienone is 1. The molecule has 0 radical (unpaired) electrons. The van der Waals surface area contributed by atoms with Crippen LogP contribution in [-0.2, 0) is 4.79 Å². The Morgan fingerprint density at radius 3 is 2.75 bits per heavy atom. The van der Waals surface area contributed by atoms with Crippen molar-refractivity contribution in [2.24, 2.45) is 0 Å². The SMILES string of the molecule is C=CCNCC(=O)CC(=C)CC. The lowest BCUT2D eigenvalue weighted by atomic mass is 10.1. The second kappa shape index (κ2) is 6.80. The molecule has 0 saturated carbocycles. The molecule has 0 aliphatic carbocycles. The lowest BCUT2D eigenvalue weighted by molar-refractivity contribution is -0.117. The first-order chi connectivity index (χ1) is 5.70. The highest BCUT2D eigenvalue weighted by Gasteiger charge is 2.01. The molecule has 1 N–H and O–H groups in total. The number of hydrogen-bond donors (Lipinski definition) is 1. The third-order valence-electron chi connectivity index (χ3n) is 1.56. The van der Waals surface area contributed by atoms with Crippen molar-refractivity contribution < 1.29 is 4.79 Å². The molecule has 0 saturated heterocycles. The van der Waals surface area contributed by atoms with Gasteiger partial charge in [-0.25, -0.2) is 0 Å². The van der Waals surface area contributed by atoms with E-state index in [0.29, 0.717) is 19.5 Å². The van der Waals surface area contributed by atoms with Crippen LogP contribution >= 0.6 is 0 Å². The third-order valence-corrected chi connectivity index (χ3v) is 1.56. The number of hydrogen-bond acceptors (Lipinski definition) is 2. The van der Waals surface area contributed by atoms with Gasteiger partial charge < -0.3 is 5.32 Å². The zero-order chi connectivity index (χ0) is 9.40. The first-order valence-corrected chi connectivity index (χ1v) is 4.20. The van der Waals surface area contributed by atoms with Gasteiger partial charge in [0.05, 0.1) is 6.54 Å². The number of nitrogens with one attached hydrogen (secondary N) is 1. The van der Waals surface area contributed by atoms with E-state index in [1.165, 1.54) is 0 Å². The zero-order valence-corrected chi connectivity index (χ0v) is 7.73. The Morgan fingerprint density at radius 2 is 2.25 bits per heavy atom. The van der Waals surface area contributed by atoms with E-state index in [1.54, 1.807) is 6.08 Å². The van der Waals surface area contributed by atoms with E-state index in [4.69, 9.17) is 0 Å². The van der Waals surface area contributed by atoms with Crippen molar-refractivity contribution in [3.63, 3.8) is 0 Å². The molecular weight excluding hydrogens is 150 g/mol. The third kappa shape index (κ3) is 5.86. The molecule has 0 unspecified atom stereocenters. The van der Waals surface area contributed by atoms with Gasteiger partial charge in [-0.2, -0.15) is 0 Å². The molecule has 0 bridgehead atoms. The molecular formula is C10H17NO. The van der Waals surface area contributed by atoms with Gasteiger partial charge in [0, 0.05) is 13.0 Å². The van der Waals surface area contributed by atoms with Crippen molar-refractivity contribution in [3.8, 4) is 0 Å². The van der Waals surface area contributed by atoms with Gasteiger partial charge in [-0.1, -0.05) is 25.2 Å². The molecule has 0 amide bonds. The van der Waals surface area contributed by atoms with Gasteiger partial charge in [0.25, 0.3) is 0 Å². The quantitative estimate of drug-likeness (QED) is 0.462. The summed E-state index contributed by atoms with van der Waals surface area (Å²) in [5, 5.41) is 2.96. The standard InChI is InChI=1S/C10H17NO/c1-4-6-11-8-10(12)7-9(3)5-2/h4,11H,1,3,5-8H2,2H3. The van der Waals surface area contributed by atoms with E-state index in [9.17, 15) is 4.79 Å². The highest BCUT2D eigenvalue weighted by atomic mass is 16.1. The molecule has 0 aliphatic heterocycles. The average Bonchev–Trinajstić information content (AvgIpc) is 2.05. The summed E-state index contributed by atoms with van der Waals surface area (Å²) in [5.74, 6) is 0.198. The summed E-state index contributed by atoms with van der Waals surface area (Å²) in [6.45, 7) is 10.4. The molecule has 0 aliphatic rings. The Kier molecular flexibility index (Phi) is 6.29. The van der Waals surface area contributed by atoms with Gasteiger partial charge in [0.1, 0.15) is 0 Å². The predicted octanol–water partition coefficient (Wildman–Crippen LogP) is 1.69. The molecule has 0 fully saturated rings. The number of rotatable bonds is 7. The van der Waals surface area contributed by atoms with Crippen molar-refractivity contribution in [1.29, 1.82) is 0 Å². The number of carbonyl (C=O) groups is 1. The molecule has 12 heavy (non-hydrogen) atoms. The maximum absolute atomic E-state index is 11.1. The van der Waals surface area contributed by atoms with Crippen LogP contribution in [0, 0.1) is 0 Å². The van der Waals surface area contributed by atoms with Crippen molar-refractivity contribution in [3.05, 3.63) is 24.8 Å². The van der Waals surface area contributed by atoms with Crippen LogP contribution < -0.4 is 5.32 Å². The first kappa shape index (κ1) is 11.1. The maximum Gasteiger partial charge on any atom is 0.150 e. The minimum atomic E-state index is 0.198. The van der Waals surface area contributed by atoms with E-state index < -0.39 is 0 Å². The molecule has 0 spiro atoms. The number of carbonyl (C=O) groups excluding carboxylic acids is 1.